The van der Waals surface area contributed by atoms with Gasteiger partial charge in [-0.05, 0) is 12.1 Å². The van der Waals surface area contributed by atoms with Gasteiger partial charge < -0.3 is 19.4 Å². The summed E-state index contributed by atoms with van der Waals surface area (Å²) in [4.78, 5) is 2.31. The van der Waals surface area contributed by atoms with Crippen molar-refractivity contribution in [2.45, 2.75) is 0 Å². The van der Waals surface area contributed by atoms with E-state index >= 15 is 0 Å². The van der Waals surface area contributed by atoms with Crippen molar-refractivity contribution in [3.8, 4) is 11.5 Å². The first kappa shape index (κ1) is 14.6. The zero-order valence-corrected chi connectivity index (χ0v) is 11.6. The van der Waals surface area contributed by atoms with E-state index in [-0.39, 0.29) is 0 Å². The Morgan fingerprint density at radius 2 is 2.20 bits per heavy atom. The van der Waals surface area contributed by atoms with Crippen LogP contribution in [0.5, 0.6) is 11.5 Å². The lowest BCUT2D eigenvalue weighted by atomic mass is 10.2. The fraction of sp³-hybridized carbons (Fsp3) is 0.500. The number of methoxy groups -OCH3 is 1. The Morgan fingerprint density at radius 1 is 1.40 bits per heavy atom. The van der Waals surface area contributed by atoms with Gasteiger partial charge in [0, 0.05) is 31.3 Å². The van der Waals surface area contributed by atoms with Gasteiger partial charge in [0.15, 0.2) is 0 Å². The summed E-state index contributed by atoms with van der Waals surface area (Å²) in [5.74, 6) is 1.36. The number of morpholine rings is 1. The monoisotopic (exact) mass is 280 g/mol. The zero-order valence-electron chi connectivity index (χ0n) is 11.6. The van der Waals surface area contributed by atoms with E-state index in [1.54, 1.807) is 19.2 Å². The number of rotatable bonds is 6. The number of hydrogen-bond donors (Lipinski definition) is 1. The first-order valence-corrected chi connectivity index (χ1v) is 6.62. The second-order valence-corrected chi connectivity index (χ2v) is 4.45. The Kier molecular flexibility index (Phi) is 5.64. The van der Waals surface area contributed by atoms with Crippen molar-refractivity contribution in [1.82, 2.24) is 4.90 Å². The van der Waals surface area contributed by atoms with E-state index in [0.29, 0.717) is 17.9 Å². The van der Waals surface area contributed by atoms with Gasteiger partial charge in [-0.2, -0.15) is 0 Å². The van der Waals surface area contributed by atoms with Crippen LogP contribution in [0.4, 0.5) is 0 Å². The van der Waals surface area contributed by atoms with E-state index in [4.69, 9.17) is 19.4 Å². The zero-order chi connectivity index (χ0) is 14.2. The quantitative estimate of drug-likeness (QED) is 0.482. The van der Waals surface area contributed by atoms with Gasteiger partial charge in [0.1, 0.15) is 18.1 Å². The van der Waals surface area contributed by atoms with Gasteiger partial charge in [0.2, 0.25) is 0 Å². The third-order valence-electron chi connectivity index (χ3n) is 3.18. The van der Waals surface area contributed by atoms with Gasteiger partial charge in [-0.25, -0.2) is 0 Å². The Labute approximate surface area is 118 Å². The SMILES string of the molecule is COc1cc(OCCN2CCOCC2)ccc1/C=N\O. The Bertz CT molecular complexity index is 445. The summed E-state index contributed by atoms with van der Waals surface area (Å²) in [6.45, 7) is 5.01. The fourth-order valence-corrected chi connectivity index (χ4v) is 2.07. The van der Waals surface area contributed by atoms with Crippen molar-refractivity contribution in [1.29, 1.82) is 0 Å². The van der Waals surface area contributed by atoms with E-state index in [2.05, 4.69) is 10.1 Å². The Balaban J connectivity index is 1.86. The average molecular weight is 280 g/mol. The van der Waals surface area contributed by atoms with E-state index < -0.39 is 0 Å². The second-order valence-electron chi connectivity index (χ2n) is 4.45. The molecule has 1 aromatic rings. The van der Waals surface area contributed by atoms with Crippen LogP contribution in [0.2, 0.25) is 0 Å². The summed E-state index contributed by atoms with van der Waals surface area (Å²) in [7, 11) is 1.57. The van der Waals surface area contributed by atoms with Crippen molar-refractivity contribution in [2.24, 2.45) is 5.16 Å². The van der Waals surface area contributed by atoms with E-state index in [1.165, 1.54) is 6.21 Å². The molecule has 0 spiro atoms. The first-order chi connectivity index (χ1) is 9.83. The summed E-state index contributed by atoms with van der Waals surface area (Å²) < 4.78 is 16.2. The van der Waals surface area contributed by atoms with Crippen LogP contribution >= 0.6 is 0 Å². The molecule has 1 fully saturated rings. The predicted molar refractivity (Wildman–Crippen MR) is 75.1 cm³/mol. The van der Waals surface area contributed by atoms with Crippen LogP contribution in [0.15, 0.2) is 23.4 Å². The minimum Gasteiger partial charge on any atom is -0.496 e. The van der Waals surface area contributed by atoms with Crippen molar-refractivity contribution in [2.75, 3.05) is 46.6 Å². The molecule has 1 heterocycles. The highest BCUT2D eigenvalue weighted by Crippen LogP contribution is 2.23. The number of benzene rings is 1. The molecule has 6 nitrogen and oxygen atoms in total. The number of nitrogens with zero attached hydrogens (tertiary/aromatic N) is 2. The molecule has 1 saturated heterocycles. The maximum atomic E-state index is 8.56. The van der Waals surface area contributed by atoms with Gasteiger partial charge in [-0.3, -0.25) is 4.90 Å². The maximum Gasteiger partial charge on any atom is 0.131 e. The smallest absolute Gasteiger partial charge is 0.131 e. The molecule has 0 unspecified atom stereocenters. The van der Waals surface area contributed by atoms with E-state index in [9.17, 15) is 0 Å². The van der Waals surface area contributed by atoms with Crippen LogP contribution in [-0.2, 0) is 4.74 Å². The van der Waals surface area contributed by atoms with Crippen molar-refractivity contribution < 1.29 is 19.4 Å². The molecule has 0 atom stereocenters. The highest BCUT2D eigenvalue weighted by atomic mass is 16.5. The molecule has 2 rings (SSSR count). The van der Waals surface area contributed by atoms with E-state index in [0.717, 1.165) is 38.6 Å². The molecule has 1 aliphatic heterocycles. The predicted octanol–water partition coefficient (Wildman–Crippen LogP) is 1.21. The Hall–Kier alpha value is -1.79. The molecule has 1 aromatic carbocycles. The molecule has 1 aliphatic rings. The molecule has 20 heavy (non-hydrogen) atoms. The van der Waals surface area contributed by atoms with E-state index in [1.807, 2.05) is 6.07 Å². The summed E-state index contributed by atoms with van der Waals surface area (Å²) in [5.41, 5.74) is 0.704. The fourth-order valence-electron chi connectivity index (χ4n) is 2.07. The minimum absolute atomic E-state index is 0.617. The summed E-state index contributed by atoms with van der Waals surface area (Å²) in [6, 6.07) is 5.41. The molecule has 6 heteroatoms. The summed E-state index contributed by atoms with van der Waals surface area (Å²) in [6.07, 6.45) is 1.33. The summed E-state index contributed by atoms with van der Waals surface area (Å²) in [5, 5.41) is 11.6. The maximum absolute atomic E-state index is 8.56. The summed E-state index contributed by atoms with van der Waals surface area (Å²) >= 11 is 0. The van der Waals surface area contributed by atoms with Gasteiger partial charge in [-0.1, -0.05) is 5.16 Å². The van der Waals surface area contributed by atoms with Crippen molar-refractivity contribution >= 4 is 6.21 Å². The van der Waals surface area contributed by atoms with Crippen LogP contribution in [0.1, 0.15) is 5.56 Å². The van der Waals surface area contributed by atoms with Gasteiger partial charge in [0.25, 0.3) is 0 Å². The highest BCUT2D eigenvalue weighted by molar-refractivity contribution is 5.83. The molecule has 0 saturated carbocycles. The molecular formula is C14H20N2O4. The molecule has 1 N–H and O–H groups in total. The lowest BCUT2D eigenvalue weighted by Crippen LogP contribution is -2.38. The van der Waals surface area contributed by atoms with Crippen LogP contribution in [0.3, 0.4) is 0 Å². The van der Waals surface area contributed by atoms with Crippen molar-refractivity contribution in [3.63, 3.8) is 0 Å². The van der Waals surface area contributed by atoms with Crippen LogP contribution < -0.4 is 9.47 Å². The third-order valence-corrected chi connectivity index (χ3v) is 3.18. The molecule has 0 aliphatic carbocycles. The average Bonchev–Trinajstić information content (AvgIpc) is 2.50. The molecular weight excluding hydrogens is 260 g/mol. The molecule has 0 aromatic heterocycles. The lowest BCUT2D eigenvalue weighted by Gasteiger charge is -2.26. The third kappa shape index (κ3) is 4.11. The minimum atomic E-state index is 0.617. The second kappa shape index (κ2) is 7.72. The highest BCUT2D eigenvalue weighted by Gasteiger charge is 2.10. The van der Waals surface area contributed by atoms with Crippen LogP contribution in [-0.4, -0.2) is 62.9 Å². The standard InChI is InChI=1S/C14H20N2O4/c1-18-14-10-13(3-2-12(14)11-15-17)20-9-6-16-4-7-19-8-5-16/h2-3,10-11,17H,4-9H2,1H3/b15-11-. The number of oxime groups is 1. The molecule has 0 radical (unpaired) electrons. The molecule has 0 bridgehead atoms. The first-order valence-electron chi connectivity index (χ1n) is 6.62. The van der Waals surface area contributed by atoms with Gasteiger partial charge in [-0.15, -0.1) is 0 Å². The largest absolute Gasteiger partial charge is 0.496 e. The lowest BCUT2D eigenvalue weighted by molar-refractivity contribution is 0.0322. The van der Waals surface area contributed by atoms with Gasteiger partial charge >= 0.3 is 0 Å². The number of hydrogen-bond acceptors (Lipinski definition) is 6. The number of ether oxygens (including phenoxy) is 3. The topological polar surface area (TPSA) is 63.5 Å². The Morgan fingerprint density at radius 3 is 2.90 bits per heavy atom. The van der Waals surface area contributed by atoms with Crippen LogP contribution in [0.25, 0.3) is 0 Å². The van der Waals surface area contributed by atoms with Crippen LogP contribution in [0, 0.1) is 0 Å². The molecule has 0 amide bonds. The molecule has 110 valence electrons. The normalized spacial score (nSPS) is 16.4. The van der Waals surface area contributed by atoms with Gasteiger partial charge in [0.05, 0.1) is 26.5 Å². The van der Waals surface area contributed by atoms with Crippen molar-refractivity contribution in [3.05, 3.63) is 23.8 Å².